The van der Waals surface area contributed by atoms with Gasteiger partial charge in [0.15, 0.2) is 6.29 Å². The first-order valence-corrected chi connectivity index (χ1v) is 13.0. The summed E-state index contributed by atoms with van der Waals surface area (Å²) >= 11 is 1.65. The number of thioether (sulfide) groups is 1. The third-order valence-electron chi connectivity index (χ3n) is 4.24. The van der Waals surface area contributed by atoms with Crippen LogP contribution in [0.15, 0.2) is 41.8 Å². The molecule has 0 aliphatic carbocycles. The number of nitrogens with one attached hydrogen (secondary N) is 2. The summed E-state index contributed by atoms with van der Waals surface area (Å²) < 4.78 is 0. The number of likely N-dealkylation sites (N-methyl/N-ethyl adjacent to an activating group) is 2. The van der Waals surface area contributed by atoms with Gasteiger partial charge in [0.1, 0.15) is 12.5 Å². The number of carbonyl (C=O) groups is 2. The molecule has 0 saturated heterocycles. The van der Waals surface area contributed by atoms with Gasteiger partial charge in [0.2, 0.25) is 0 Å². The number of hydrogen-bond acceptors (Lipinski definition) is 7. The van der Waals surface area contributed by atoms with E-state index < -0.39 is 6.17 Å². The summed E-state index contributed by atoms with van der Waals surface area (Å²) in [5.74, 6) is 1.12. The van der Waals surface area contributed by atoms with E-state index in [9.17, 15) is 9.59 Å². The lowest BCUT2D eigenvalue weighted by atomic mass is 9.97. The average Bonchev–Trinajstić information content (AvgIpc) is 2.82. The predicted octanol–water partition coefficient (Wildman–Crippen LogP) is 5.34. The number of aliphatic hydroxyl groups excluding tert-OH is 1. The maximum absolute atomic E-state index is 10.5. The summed E-state index contributed by atoms with van der Waals surface area (Å²) in [6.07, 6.45) is 2.38. The Hall–Kier alpha value is -1.77. The Morgan fingerprint density at radius 3 is 1.89 bits per heavy atom. The summed E-state index contributed by atoms with van der Waals surface area (Å²) in [7, 11) is 3.46. The topological polar surface area (TPSA) is 104 Å². The first-order chi connectivity index (χ1) is 16.4. The summed E-state index contributed by atoms with van der Waals surface area (Å²) in [4.78, 5) is 21.3. The normalized spacial score (nSPS) is 12.2. The van der Waals surface area contributed by atoms with Crippen molar-refractivity contribution in [2.24, 2.45) is 11.7 Å². The first-order valence-electron chi connectivity index (χ1n) is 12.1. The quantitative estimate of drug-likeness (QED) is 0.236. The number of nitrogens with two attached hydrogens (primary N) is 1. The van der Waals surface area contributed by atoms with Gasteiger partial charge in [-0.3, -0.25) is 5.32 Å². The second-order valence-corrected chi connectivity index (χ2v) is 9.82. The minimum absolute atomic E-state index is 0.162. The molecule has 5 N–H and O–H groups in total. The molecule has 1 aromatic carbocycles. The van der Waals surface area contributed by atoms with Crippen LogP contribution in [0.5, 0.6) is 0 Å². The van der Waals surface area contributed by atoms with Crippen molar-refractivity contribution in [2.45, 2.75) is 79.5 Å². The highest BCUT2D eigenvalue weighted by Gasteiger charge is 2.07. The monoisotopic (exact) mass is 509 g/mol. The molecule has 0 aromatic heterocycles. The second-order valence-electron chi connectivity index (χ2n) is 8.84. The molecule has 0 aliphatic rings. The molecule has 0 fully saturated rings. The fraction of sp³-hybridized carbons (Fsp3) is 0.571. The minimum Gasteiger partial charge on any atom is -0.392 e. The van der Waals surface area contributed by atoms with Crippen molar-refractivity contribution in [1.82, 2.24) is 10.6 Å². The molecule has 35 heavy (non-hydrogen) atoms. The van der Waals surface area contributed by atoms with E-state index in [2.05, 4.69) is 83.0 Å². The van der Waals surface area contributed by atoms with Crippen molar-refractivity contribution in [2.75, 3.05) is 20.6 Å². The summed E-state index contributed by atoms with van der Waals surface area (Å²) in [5.41, 5.74) is 8.70. The molecule has 0 bridgehead atoms. The van der Waals surface area contributed by atoms with E-state index in [1.54, 1.807) is 18.8 Å². The molecular formula is C28H51N3O3S. The van der Waals surface area contributed by atoms with Crippen molar-refractivity contribution >= 4 is 29.2 Å². The van der Waals surface area contributed by atoms with Crippen LogP contribution >= 0.6 is 11.8 Å². The molecule has 0 heterocycles. The Labute approximate surface area is 219 Å². The van der Waals surface area contributed by atoms with Crippen LogP contribution in [0.2, 0.25) is 0 Å². The van der Waals surface area contributed by atoms with Crippen molar-refractivity contribution in [3.63, 3.8) is 0 Å². The van der Waals surface area contributed by atoms with Crippen LogP contribution in [0.1, 0.15) is 78.4 Å². The van der Waals surface area contributed by atoms with E-state index in [1.165, 1.54) is 21.6 Å². The molecule has 7 heteroatoms. The smallest absolute Gasteiger partial charge is 0.151 e. The summed E-state index contributed by atoms with van der Waals surface area (Å²) in [6.45, 7) is 19.2. The maximum atomic E-state index is 10.5. The van der Waals surface area contributed by atoms with Crippen LogP contribution in [0, 0.1) is 5.92 Å². The van der Waals surface area contributed by atoms with E-state index in [4.69, 9.17) is 10.8 Å². The number of benzene rings is 1. The van der Waals surface area contributed by atoms with Gasteiger partial charge in [-0.15, -0.1) is 0 Å². The number of allylic oxidation sites excluding steroid dienone is 1. The Balaban J connectivity index is -0.000000494. The standard InChI is InChI=1S/C16H20OS.C5H13NO.C4H10.C3H8N2O/c1-5-18-16(12(2)3)15-8-6-14(7-9-15)13(4)10-11-17;1-3-5(7)4-6-2;1-4(2)3;1-5-3(4)2-6/h5-9,11,13H,1,10H2,2-4H3;5-7H,3-4H2,1-2H3;4H,1-3H3;2-3,5H,4H2,1H3. The molecule has 0 spiro atoms. The minimum atomic E-state index is -0.495. The second kappa shape index (κ2) is 25.3. The summed E-state index contributed by atoms with van der Waals surface area (Å²) in [6, 6.07) is 8.46. The van der Waals surface area contributed by atoms with E-state index >= 15 is 0 Å². The SMILES string of the molecule is C=CSC(=C(C)C)c1ccc(C(C)CC=O)cc1.CC(C)C.CCC(O)CNC.CNC(N)C=O. The van der Waals surface area contributed by atoms with Gasteiger partial charge in [0, 0.05) is 17.9 Å². The highest BCUT2D eigenvalue weighted by atomic mass is 32.2. The zero-order valence-corrected chi connectivity index (χ0v) is 24.2. The third-order valence-corrected chi connectivity index (χ3v) is 5.28. The van der Waals surface area contributed by atoms with Crippen LogP contribution in [0.25, 0.3) is 4.91 Å². The van der Waals surface area contributed by atoms with Crippen LogP contribution in [-0.4, -0.2) is 50.6 Å². The van der Waals surface area contributed by atoms with Crippen molar-refractivity contribution in [3.05, 3.63) is 53.0 Å². The molecular weight excluding hydrogens is 458 g/mol. The summed E-state index contributed by atoms with van der Waals surface area (Å²) in [5, 5.41) is 16.0. The van der Waals surface area contributed by atoms with Gasteiger partial charge in [-0.2, -0.15) is 0 Å². The largest absolute Gasteiger partial charge is 0.392 e. The number of rotatable bonds is 11. The van der Waals surface area contributed by atoms with Crippen LogP contribution in [-0.2, 0) is 9.59 Å². The van der Waals surface area contributed by atoms with Crippen LogP contribution in [0.4, 0.5) is 0 Å². The van der Waals surface area contributed by atoms with Gasteiger partial charge < -0.3 is 25.7 Å². The highest BCUT2D eigenvalue weighted by molar-refractivity contribution is 8.10. The van der Waals surface area contributed by atoms with Gasteiger partial charge in [0.05, 0.1) is 6.10 Å². The van der Waals surface area contributed by atoms with E-state index in [-0.39, 0.29) is 6.10 Å². The van der Waals surface area contributed by atoms with Gasteiger partial charge in [0.25, 0.3) is 0 Å². The molecule has 202 valence electrons. The Morgan fingerprint density at radius 1 is 1.11 bits per heavy atom. The van der Waals surface area contributed by atoms with E-state index in [0.717, 1.165) is 18.6 Å². The zero-order chi connectivity index (χ0) is 27.8. The van der Waals surface area contributed by atoms with Gasteiger partial charge in [-0.25, -0.2) is 0 Å². The lowest BCUT2D eigenvalue weighted by Gasteiger charge is -2.11. The Bertz CT molecular complexity index is 684. The van der Waals surface area contributed by atoms with Crippen LogP contribution in [0.3, 0.4) is 0 Å². The first kappa shape index (κ1) is 37.8. The average molecular weight is 510 g/mol. The van der Waals surface area contributed by atoms with E-state index in [1.807, 2.05) is 19.4 Å². The Kier molecular flexibility index (Phi) is 27.3. The number of aliphatic hydroxyl groups is 1. The fourth-order valence-electron chi connectivity index (χ4n) is 2.25. The van der Waals surface area contributed by atoms with Crippen LogP contribution < -0.4 is 16.4 Å². The lowest BCUT2D eigenvalue weighted by Crippen LogP contribution is -2.35. The van der Waals surface area contributed by atoms with Gasteiger partial charge in [-0.05, 0) is 62.7 Å². The Morgan fingerprint density at radius 2 is 1.63 bits per heavy atom. The molecule has 0 saturated carbocycles. The molecule has 0 amide bonds. The van der Waals surface area contributed by atoms with Crippen molar-refractivity contribution in [3.8, 4) is 0 Å². The zero-order valence-electron chi connectivity index (χ0n) is 23.4. The molecule has 1 aromatic rings. The van der Waals surface area contributed by atoms with Gasteiger partial charge in [-0.1, -0.05) is 82.8 Å². The van der Waals surface area contributed by atoms with Crippen molar-refractivity contribution < 1.29 is 14.7 Å². The fourth-order valence-corrected chi connectivity index (χ4v) is 2.92. The number of hydrogen-bond donors (Lipinski definition) is 4. The highest BCUT2D eigenvalue weighted by Crippen LogP contribution is 2.32. The predicted molar refractivity (Wildman–Crippen MR) is 155 cm³/mol. The van der Waals surface area contributed by atoms with Gasteiger partial charge >= 0.3 is 0 Å². The maximum Gasteiger partial charge on any atom is 0.151 e. The molecule has 1 rings (SSSR count). The molecule has 0 aliphatic heterocycles. The molecule has 3 atom stereocenters. The number of carbonyl (C=O) groups excluding carboxylic acids is 2. The molecule has 3 unspecified atom stereocenters. The van der Waals surface area contributed by atoms with Crippen molar-refractivity contribution in [1.29, 1.82) is 0 Å². The third kappa shape index (κ3) is 23.7. The lowest BCUT2D eigenvalue weighted by molar-refractivity contribution is -0.109. The molecule has 6 nitrogen and oxygen atoms in total. The number of aldehydes is 2. The molecule has 0 radical (unpaired) electrons. The van der Waals surface area contributed by atoms with E-state index in [0.29, 0.717) is 25.2 Å².